The highest BCUT2D eigenvalue weighted by molar-refractivity contribution is 6.31. The molecule has 5 rings (SSSR count). The molecule has 1 unspecified atom stereocenters. The van der Waals surface area contributed by atoms with Gasteiger partial charge < -0.3 is 19.5 Å². The number of hydrogen-bond acceptors (Lipinski definition) is 8. The Kier molecular flexibility index (Phi) is 7.48. The molecule has 1 aliphatic heterocycles. The molecule has 8 nitrogen and oxygen atoms in total. The Balaban J connectivity index is 1.63. The molecule has 12 heteroatoms. The van der Waals surface area contributed by atoms with Gasteiger partial charge in [-0.2, -0.15) is 18.2 Å². The number of carbonyl (C=O) groups excluding carboxylic acids is 2. The molecule has 0 bridgehead atoms. The van der Waals surface area contributed by atoms with Crippen molar-refractivity contribution in [3.63, 3.8) is 0 Å². The molecule has 1 aliphatic carbocycles. The van der Waals surface area contributed by atoms with Crippen molar-refractivity contribution >= 4 is 24.2 Å². The molecule has 1 N–H and O–H groups in total. The quantitative estimate of drug-likeness (QED) is 0.346. The number of dihydropyridines is 1. The SMILES string of the molecule is COC1=C(C=O)C=C[C@@](c2ccncc2Cl)(c2cccc3c2CCC3Oc2nc(OC)c(C=O)cc2C(F)(F)F)N1. The van der Waals surface area contributed by atoms with E-state index in [1.165, 1.54) is 20.4 Å². The average molecular weight is 586 g/mol. The van der Waals surface area contributed by atoms with Crippen LogP contribution in [0.4, 0.5) is 13.2 Å². The molecule has 1 aromatic carbocycles. The summed E-state index contributed by atoms with van der Waals surface area (Å²) in [4.78, 5) is 31.0. The standard InChI is InChI=1S/C29H23ClF3N3O5/c1-39-25-17(15-38)12-22(29(31,32)33)27(35-25)41-24-7-6-18-19(24)4-3-5-20(18)28(21-9-11-34-13-23(21)30)10-8-16(14-37)26(36-28)40-2/h3-5,8-15,24,36H,6-7H2,1-2H3/t24?,28-/m0/s1. The minimum atomic E-state index is -4.83. The number of pyridine rings is 2. The van der Waals surface area contributed by atoms with E-state index in [4.69, 9.17) is 25.8 Å². The maximum Gasteiger partial charge on any atom is 0.421 e. The van der Waals surface area contributed by atoms with Crippen molar-refractivity contribution in [1.29, 1.82) is 0 Å². The molecule has 0 spiro atoms. The zero-order valence-electron chi connectivity index (χ0n) is 21.8. The topological polar surface area (TPSA) is 99.6 Å². The number of aldehydes is 2. The van der Waals surface area contributed by atoms with Crippen molar-refractivity contribution in [2.24, 2.45) is 0 Å². The average Bonchev–Trinajstić information content (AvgIpc) is 3.38. The minimum Gasteiger partial charge on any atom is -0.482 e. The van der Waals surface area contributed by atoms with E-state index in [1.54, 1.807) is 36.5 Å². The van der Waals surface area contributed by atoms with E-state index < -0.39 is 29.3 Å². The first-order chi connectivity index (χ1) is 19.7. The minimum absolute atomic E-state index is 0.222. The van der Waals surface area contributed by atoms with E-state index in [9.17, 15) is 22.8 Å². The monoisotopic (exact) mass is 585 g/mol. The fraction of sp³-hybridized carbons (Fsp3) is 0.241. The lowest BCUT2D eigenvalue weighted by Crippen LogP contribution is -2.45. The fourth-order valence-electron chi connectivity index (χ4n) is 5.28. The summed E-state index contributed by atoms with van der Waals surface area (Å²) in [6.07, 6.45) is 2.59. The first kappa shape index (κ1) is 28.2. The van der Waals surface area contributed by atoms with Gasteiger partial charge in [-0.25, -0.2) is 0 Å². The zero-order valence-corrected chi connectivity index (χ0v) is 22.5. The number of allylic oxidation sites excluding steroid dienone is 2. The molecular weight excluding hydrogens is 563 g/mol. The summed E-state index contributed by atoms with van der Waals surface area (Å²) in [5.41, 5.74) is 0.489. The van der Waals surface area contributed by atoms with E-state index in [-0.39, 0.29) is 23.6 Å². The summed E-state index contributed by atoms with van der Waals surface area (Å²) in [5.74, 6) is -0.742. The van der Waals surface area contributed by atoms with E-state index in [1.807, 2.05) is 6.07 Å². The first-order valence-corrected chi connectivity index (χ1v) is 12.8. The number of nitrogens with zero attached hydrogens (tertiary/aromatic N) is 2. The Labute approximate surface area is 237 Å². The Morgan fingerprint density at radius 2 is 1.90 bits per heavy atom. The Bertz CT molecular complexity index is 1590. The number of hydrogen-bond donors (Lipinski definition) is 1. The third-order valence-corrected chi connectivity index (χ3v) is 7.42. The van der Waals surface area contributed by atoms with Crippen LogP contribution in [-0.2, 0) is 27.7 Å². The molecule has 0 saturated carbocycles. The maximum atomic E-state index is 13.9. The molecule has 0 amide bonds. The van der Waals surface area contributed by atoms with Crippen molar-refractivity contribution < 1.29 is 37.0 Å². The number of ether oxygens (including phenoxy) is 3. The fourth-order valence-corrected chi connectivity index (χ4v) is 5.55. The summed E-state index contributed by atoms with van der Waals surface area (Å²) in [7, 11) is 2.63. The van der Waals surface area contributed by atoms with Gasteiger partial charge in [0.1, 0.15) is 17.2 Å². The molecule has 0 radical (unpaired) electrons. The molecule has 0 saturated heterocycles. The number of alkyl halides is 3. The highest BCUT2D eigenvalue weighted by atomic mass is 35.5. The van der Waals surface area contributed by atoms with Crippen LogP contribution in [-0.4, -0.2) is 36.8 Å². The van der Waals surface area contributed by atoms with Gasteiger partial charge in [-0.15, -0.1) is 0 Å². The number of methoxy groups -OCH3 is 2. The lowest BCUT2D eigenvalue weighted by molar-refractivity contribution is -0.139. The highest BCUT2D eigenvalue weighted by Gasteiger charge is 2.42. The van der Waals surface area contributed by atoms with Gasteiger partial charge in [-0.05, 0) is 53.8 Å². The molecular formula is C29H23ClF3N3O5. The van der Waals surface area contributed by atoms with Gasteiger partial charge in [-0.3, -0.25) is 14.6 Å². The van der Waals surface area contributed by atoms with Crippen LogP contribution in [0.15, 0.2) is 66.3 Å². The second-order valence-electron chi connectivity index (χ2n) is 9.30. The highest BCUT2D eigenvalue weighted by Crippen LogP contribution is 2.46. The summed E-state index contributed by atoms with van der Waals surface area (Å²) in [6, 6.07) is 7.82. The number of aromatic nitrogens is 2. The van der Waals surface area contributed by atoms with Crippen molar-refractivity contribution in [3.05, 3.63) is 105 Å². The summed E-state index contributed by atoms with van der Waals surface area (Å²) < 4.78 is 58.2. The predicted molar refractivity (Wildman–Crippen MR) is 142 cm³/mol. The van der Waals surface area contributed by atoms with Crippen LogP contribution < -0.4 is 14.8 Å². The third-order valence-electron chi connectivity index (χ3n) is 7.11. The Morgan fingerprint density at radius 1 is 1.10 bits per heavy atom. The molecule has 212 valence electrons. The smallest absolute Gasteiger partial charge is 0.421 e. The van der Waals surface area contributed by atoms with Gasteiger partial charge in [-0.1, -0.05) is 29.8 Å². The predicted octanol–water partition coefficient (Wildman–Crippen LogP) is 5.50. The number of halogens is 4. The Morgan fingerprint density at radius 3 is 2.56 bits per heavy atom. The van der Waals surface area contributed by atoms with E-state index in [0.29, 0.717) is 46.9 Å². The number of benzene rings is 1. The van der Waals surface area contributed by atoms with E-state index in [2.05, 4.69) is 15.3 Å². The van der Waals surface area contributed by atoms with Gasteiger partial charge in [0.2, 0.25) is 11.8 Å². The van der Waals surface area contributed by atoms with Crippen molar-refractivity contribution in [2.45, 2.75) is 30.7 Å². The van der Waals surface area contributed by atoms with E-state index in [0.717, 1.165) is 11.1 Å². The van der Waals surface area contributed by atoms with Gasteiger partial charge in [0, 0.05) is 18.0 Å². The number of nitrogens with one attached hydrogen (secondary N) is 1. The van der Waals surface area contributed by atoms with Crippen molar-refractivity contribution in [3.8, 4) is 11.8 Å². The summed E-state index contributed by atoms with van der Waals surface area (Å²) in [6.45, 7) is 0. The molecule has 3 heterocycles. The maximum absolute atomic E-state index is 13.9. The van der Waals surface area contributed by atoms with Crippen LogP contribution in [0.5, 0.6) is 11.8 Å². The second-order valence-corrected chi connectivity index (χ2v) is 9.71. The van der Waals surface area contributed by atoms with Crippen LogP contribution in [0.25, 0.3) is 0 Å². The summed E-state index contributed by atoms with van der Waals surface area (Å²) >= 11 is 6.62. The van der Waals surface area contributed by atoms with E-state index >= 15 is 0 Å². The number of fused-ring (bicyclic) bond motifs is 1. The Hall–Kier alpha value is -4.38. The summed E-state index contributed by atoms with van der Waals surface area (Å²) in [5, 5.41) is 3.66. The third kappa shape index (κ3) is 4.90. The lowest BCUT2D eigenvalue weighted by atomic mass is 9.78. The number of carbonyl (C=O) groups is 2. The molecule has 2 aliphatic rings. The lowest BCUT2D eigenvalue weighted by Gasteiger charge is -2.38. The van der Waals surface area contributed by atoms with Crippen LogP contribution in [0, 0.1) is 0 Å². The van der Waals surface area contributed by atoms with Crippen molar-refractivity contribution in [2.75, 3.05) is 14.2 Å². The van der Waals surface area contributed by atoms with Crippen molar-refractivity contribution in [1.82, 2.24) is 15.3 Å². The molecule has 2 atom stereocenters. The van der Waals surface area contributed by atoms with Crippen LogP contribution >= 0.6 is 11.6 Å². The van der Waals surface area contributed by atoms with Gasteiger partial charge in [0.15, 0.2) is 18.5 Å². The molecule has 0 fully saturated rings. The molecule has 41 heavy (non-hydrogen) atoms. The second kappa shape index (κ2) is 10.9. The van der Waals surface area contributed by atoms with Gasteiger partial charge >= 0.3 is 6.18 Å². The largest absolute Gasteiger partial charge is 0.482 e. The van der Waals surface area contributed by atoms with Gasteiger partial charge in [0.25, 0.3) is 0 Å². The van der Waals surface area contributed by atoms with Crippen LogP contribution in [0.3, 0.4) is 0 Å². The molecule has 3 aromatic rings. The first-order valence-electron chi connectivity index (χ1n) is 12.4. The van der Waals surface area contributed by atoms with Gasteiger partial charge in [0.05, 0.1) is 30.4 Å². The zero-order chi connectivity index (χ0) is 29.4. The van der Waals surface area contributed by atoms with Crippen LogP contribution in [0.2, 0.25) is 5.02 Å². The normalized spacial score (nSPS) is 19.8. The number of rotatable bonds is 8. The van der Waals surface area contributed by atoms with Crippen LogP contribution in [0.1, 0.15) is 50.7 Å². The molecule has 2 aromatic heterocycles.